The first-order valence-corrected chi connectivity index (χ1v) is 8.72. The van der Waals surface area contributed by atoms with Crippen molar-refractivity contribution in [2.24, 2.45) is 0 Å². The average molecular weight is 380 g/mol. The largest absolute Gasteiger partial charge is 0.477 e. The van der Waals surface area contributed by atoms with Crippen molar-refractivity contribution in [3.63, 3.8) is 0 Å². The van der Waals surface area contributed by atoms with Gasteiger partial charge in [0, 0.05) is 7.05 Å². The topological polar surface area (TPSA) is 71.8 Å². The number of hydrogen-bond donors (Lipinski definition) is 1. The van der Waals surface area contributed by atoms with E-state index < -0.39 is 17.8 Å². The van der Waals surface area contributed by atoms with Gasteiger partial charge in [0.25, 0.3) is 11.8 Å². The highest BCUT2D eigenvalue weighted by atomic mass is 19.1. The van der Waals surface area contributed by atoms with Crippen LogP contribution in [0.15, 0.2) is 65.1 Å². The number of nitrogens with zero attached hydrogens (tertiary/aromatic N) is 1. The van der Waals surface area contributed by atoms with Crippen LogP contribution in [-0.4, -0.2) is 31.5 Å². The van der Waals surface area contributed by atoms with Gasteiger partial charge in [-0.1, -0.05) is 24.3 Å². The minimum absolute atomic E-state index is 0.0330. The predicted octanol–water partition coefficient (Wildman–Crippen LogP) is 3.24. The molecule has 1 aliphatic heterocycles. The van der Waals surface area contributed by atoms with E-state index in [0.29, 0.717) is 11.4 Å². The Hall–Kier alpha value is -3.61. The first-order valence-electron chi connectivity index (χ1n) is 8.72. The summed E-state index contributed by atoms with van der Waals surface area (Å²) in [7, 11) is 1.51. The number of carbonyl (C=O) groups excluding carboxylic acids is 2. The van der Waals surface area contributed by atoms with Gasteiger partial charge in [-0.3, -0.25) is 14.5 Å². The number of ether oxygens (including phenoxy) is 1. The van der Waals surface area contributed by atoms with Crippen LogP contribution < -0.4 is 15.0 Å². The first-order chi connectivity index (χ1) is 13.6. The second kappa shape index (κ2) is 7.19. The molecule has 0 unspecified atom stereocenters. The van der Waals surface area contributed by atoms with Crippen LogP contribution in [0.25, 0.3) is 11.3 Å². The summed E-state index contributed by atoms with van der Waals surface area (Å²) in [6.07, 6.45) is -0.843. The van der Waals surface area contributed by atoms with E-state index in [1.807, 2.05) is 0 Å². The molecule has 142 valence electrons. The van der Waals surface area contributed by atoms with Crippen molar-refractivity contribution in [2.75, 3.05) is 18.5 Å². The molecule has 6 nitrogen and oxygen atoms in total. The van der Waals surface area contributed by atoms with E-state index in [1.165, 1.54) is 24.1 Å². The molecule has 0 fully saturated rings. The van der Waals surface area contributed by atoms with E-state index in [4.69, 9.17) is 9.15 Å². The van der Waals surface area contributed by atoms with E-state index in [2.05, 4.69) is 5.32 Å². The minimum atomic E-state index is -0.843. The molecule has 1 atom stereocenters. The van der Waals surface area contributed by atoms with Crippen LogP contribution in [-0.2, 0) is 4.79 Å². The van der Waals surface area contributed by atoms with Crippen molar-refractivity contribution in [3.8, 4) is 17.1 Å². The Kier molecular flexibility index (Phi) is 4.57. The number of halogens is 1. The third-order valence-electron chi connectivity index (χ3n) is 4.51. The second-order valence-electron chi connectivity index (χ2n) is 6.25. The highest BCUT2D eigenvalue weighted by Gasteiger charge is 2.34. The number of furan rings is 1. The number of para-hydroxylation sites is 2. The molecule has 7 heteroatoms. The Labute approximate surface area is 160 Å². The average Bonchev–Trinajstić information content (AvgIpc) is 3.22. The number of nitrogens with one attached hydrogen (secondary N) is 1. The molecule has 0 spiro atoms. The molecule has 1 aliphatic rings. The van der Waals surface area contributed by atoms with Crippen LogP contribution in [0, 0.1) is 5.82 Å². The highest BCUT2D eigenvalue weighted by molar-refractivity contribution is 6.06. The number of benzene rings is 2. The third-order valence-corrected chi connectivity index (χ3v) is 4.51. The van der Waals surface area contributed by atoms with Crippen molar-refractivity contribution in [1.82, 2.24) is 5.32 Å². The zero-order chi connectivity index (χ0) is 19.7. The summed E-state index contributed by atoms with van der Waals surface area (Å²) in [5, 5.41) is 2.53. The third kappa shape index (κ3) is 3.11. The molecule has 2 aromatic carbocycles. The van der Waals surface area contributed by atoms with Gasteiger partial charge in [-0.2, -0.15) is 0 Å². The van der Waals surface area contributed by atoms with Gasteiger partial charge in [-0.15, -0.1) is 0 Å². The lowest BCUT2D eigenvalue weighted by Gasteiger charge is -2.33. The zero-order valence-electron chi connectivity index (χ0n) is 15.0. The normalized spacial score (nSPS) is 15.5. The number of likely N-dealkylation sites (N-methyl/N-ethyl adjacent to an activating group) is 1. The van der Waals surface area contributed by atoms with Crippen LogP contribution in [0.3, 0.4) is 0 Å². The summed E-state index contributed by atoms with van der Waals surface area (Å²) in [6.45, 7) is 0.0330. The van der Waals surface area contributed by atoms with E-state index in [0.717, 1.165) is 0 Å². The van der Waals surface area contributed by atoms with Crippen molar-refractivity contribution in [3.05, 3.63) is 72.2 Å². The minimum Gasteiger partial charge on any atom is -0.477 e. The molecule has 3 aromatic rings. The fraction of sp³-hybridized carbons (Fsp3) is 0.143. The number of fused-ring (bicyclic) bond motifs is 1. The Morgan fingerprint density at radius 1 is 1.07 bits per heavy atom. The molecule has 0 bridgehead atoms. The molecule has 28 heavy (non-hydrogen) atoms. The SMILES string of the molecule is CNC(=O)[C@@H]1CN(C(=O)c2ccc(-c3ccccc3F)o2)c2ccccc2O1. The molecule has 0 saturated carbocycles. The summed E-state index contributed by atoms with van der Waals surface area (Å²) < 4.78 is 25.3. The summed E-state index contributed by atoms with van der Waals surface area (Å²) in [5.41, 5.74) is 0.809. The molecule has 1 aromatic heterocycles. The van der Waals surface area contributed by atoms with Crippen LogP contribution in [0.5, 0.6) is 5.75 Å². The second-order valence-corrected chi connectivity index (χ2v) is 6.25. The van der Waals surface area contributed by atoms with Gasteiger partial charge in [0.05, 0.1) is 17.8 Å². The molecule has 2 amide bonds. The molecule has 1 N–H and O–H groups in total. The van der Waals surface area contributed by atoms with Crippen LogP contribution >= 0.6 is 0 Å². The zero-order valence-corrected chi connectivity index (χ0v) is 15.0. The lowest BCUT2D eigenvalue weighted by Crippen LogP contribution is -2.50. The van der Waals surface area contributed by atoms with Gasteiger partial charge in [0.15, 0.2) is 11.9 Å². The monoisotopic (exact) mass is 380 g/mol. The lowest BCUT2D eigenvalue weighted by molar-refractivity contribution is -0.127. The van der Waals surface area contributed by atoms with E-state index in [9.17, 15) is 14.0 Å². The summed E-state index contributed by atoms with van der Waals surface area (Å²) >= 11 is 0. The molecule has 0 saturated heterocycles. The number of rotatable bonds is 3. The maximum absolute atomic E-state index is 14.0. The van der Waals surface area contributed by atoms with Crippen LogP contribution in [0.4, 0.5) is 10.1 Å². The Balaban J connectivity index is 1.68. The van der Waals surface area contributed by atoms with Gasteiger partial charge in [0.1, 0.15) is 17.3 Å². The van der Waals surface area contributed by atoms with Crippen LogP contribution in [0.1, 0.15) is 10.6 Å². The molecular weight excluding hydrogens is 363 g/mol. The quantitative estimate of drug-likeness (QED) is 0.757. The molecule has 0 aliphatic carbocycles. The number of amides is 2. The van der Waals surface area contributed by atoms with Crippen molar-refractivity contribution in [1.29, 1.82) is 0 Å². The number of anilines is 1. The van der Waals surface area contributed by atoms with E-state index >= 15 is 0 Å². The highest BCUT2D eigenvalue weighted by Crippen LogP contribution is 2.35. The lowest BCUT2D eigenvalue weighted by atomic mass is 10.1. The maximum Gasteiger partial charge on any atom is 0.294 e. The van der Waals surface area contributed by atoms with Gasteiger partial charge in [-0.05, 0) is 36.4 Å². The summed E-state index contributed by atoms with van der Waals surface area (Å²) in [6, 6.07) is 16.2. The van der Waals surface area contributed by atoms with Crippen molar-refractivity contribution in [2.45, 2.75) is 6.10 Å². The molecule has 0 radical (unpaired) electrons. The van der Waals surface area contributed by atoms with Crippen molar-refractivity contribution < 1.29 is 23.1 Å². The van der Waals surface area contributed by atoms with Crippen LogP contribution in [0.2, 0.25) is 0 Å². The molecule has 2 heterocycles. The van der Waals surface area contributed by atoms with Gasteiger partial charge in [0.2, 0.25) is 0 Å². The standard InChI is InChI=1S/C21H17FN2O4/c1-23-20(25)19-12-24(15-8-4-5-9-17(15)28-19)21(26)18-11-10-16(27-18)13-6-2-3-7-14(13)22/h2-11,19H,12H2,1H3,(H,23,25)/t19-/m0/s1. The van der Waals surface area contributed by atoms with E-state index in [1.54, 1.807) is 48.5 Å². The first kappa shape index (κ1) is 17.8. The smallest absolute Gasteiger partial charge is 0.294 e. The maximum atomic E-state index is 14.0. The summed E-state index contributed by atoms with van der Waals surface area (Å²) in [4.78, 5) is 26.6. The van der Waals surface area contributed by atoms with Gasteiger partial charge >= 0.3 is 0 Å². The predicted molar refractivity (Wildman–Crippen MR) is 101 cm³/mol. The Morgan fingerprint density at radius 2 is 1.82 bits per heavy atom. The van der Waals surface area contributed by atoms with Gasteiger partial charge < -0.3 is 14.5 Å². The fourth-order valence-electron chi connectivity index (χ4n) is 3.12. The summed E-state index contributed by atoms with van der Waals surface area (Å²) in [5.74, 6) is -0.480. The molecular formula is C21H17FN2O4. The van der Waals surface area contributed by atoms with Crippen molar-refractivity contribution >= 4 is 17.5 Å². The fourth-order valence-corrected chi connectivity index (χ4v) is 3.12. The number of carbonyl (C=O) groups is 2. The molecule has 4 rings (SSSR count). The van der Waals surface area contributed by atoms with E-state index in [-0.39, 0.29) is 29.5 Å². The number of hydrogen-bond acceptors (Lipinski definition) is 4. The Bertz CT molecular complexity index is 1050. The van der Waals surface area contributed by atoms with Gasteiger partial charge in [-0.25, -0.2) is 4.39 Å². The Morgan fingerprint density at radius 3 is 2.61 bits per heavy atom.